The second kappa shape index (κ2) is 12.6. The van der Waals surface area contributed by atoms with Crippen molar-refractivity contribution in [1.29, 1.82) is 0 Å². The predicted molar refractivity (Wildman–Crippen MR) is 125 cm³/mol. The maximum Gasteiger partial charge on any atom is 0.336 e. The van der Waals surface area contributed by atoms with Gasteiger partial charge in [0.2, 0.25) is 0 Å². The number of nitrogens with one attached hydrogen (secondary N) is 1. The number of hydrogen-bond acceptors (Lipinski definition) is 5. The number of aliphatic carboxylic acids is 1. The minimum atomic E-state index is -1.51. The van der Waals surface area contributed by atoms with Crippen LogP contribution >= 0.6 is 0 Å². The minimum absolute atomic E-state index is 0.0407. The van der Waals surface area contributed by atoms with E-state index in [1.807, 2.05) is 68.4 Å². The molecular formula is C25H32N2O6. The van der Waals surface area contributed by atoms with Gasteiger partial charge < -0.3 is 25.2 Å². The molecule has 8 nitrogen and oxygen atoms in total. The number of carboxylic acid groups (broad SMARTS) is 1. The Morgan fingerprint density at radius 3 is 2.12 bits per heavy atom. The van der Waals surface area contributed by atoms with Crippen LogP contribution in [-0.2, 0) is 20.7 Å². The standard InChI is InChI=1S/C25H32N2O6/c1-4-33-24(31)22(28)16-27(15-17(2)3)25(32)26-21(23(29)30)14-18-10-12-20(13-11-18)19-8-6-5-7-9-19/h5-13,17,21-22,28H,4,14-16H2,1-3H3,(H,26,32)(H,29,30)/t21-,22-/m0/s1. The fourth-order valence-electron chi connectivity index (χ4n) is 3.34. The Bertz CT molecular complexity index is 914. The number of carbonyl (C=O) groups excluding carboxylic acids is 2. The van der Waals surface area contributed by atoms with Crippen LogP contribution in [0.1, 0.15) is 26.3 Å². The molecule has 2 atom stereocenters. The lowest BCUT2D eigenvalue weighted by molar-refractivity contribution is -0.153. The molecule has 33 heavy (non-hydrogen) atoms. The van der Waals surface area contributed by atoms with Crippen molar-refractivity contribution in [3.8, 4) is 11.1 Å². The maximum absolute atomic E-state index is 12.8. The van der Waals surface area contributed by atoms with E-state index in [2.05, 4.69) is 5.32 Å². The van der Waals surface area contributed by atoms with E-state index in [-0.39, 0.29) is 32.0 Å². The van der Waals surface area contributed by atoms with Gasteiger partial charge in [0.25, 0.3) is 0 Å². The van der Waals surface area contributed by atoms with Crippen LogP contribution in [0.15, 0.2) is 54.6 Å². The highest BCUT2D eigenvalue weighted by molar-refractivity contribution is 5.83. The highest BCUT2D eigenvalue weighted by Gasteiger charge is 2.27. The molecule has 0 aliphatic heterocycles. The molecule has 0 saturated carbocycles. The van der Waals surface area contributed by atoms with E-state index >= 15 is 0 Å². The number of benzene rings is 2. The third kappa shape index (κ3) is 8.23. The van der Waals surface area contributed by atoms with Crippen molar-refractivity contribution in [3.05, 3.63) is 60.2 Å². The monoisotopic (exact) mass is 456 g/mol. The molecule has 0 unspecified atom stereocenters. The third-order valence-corrected chi connectivity index (χ3v) is 4.92. The predicted octanol–water partition coefficient (Wildman–Crippen LogP) is 2.94. The Labute approximate surface area is 194 Å². The van der Waals surface area contributed by atoms with Gasteiger partial charge in [-0.1, -0.05) is 68.4 Å². The number of aliphatic hydroxyl groups is 1. The second-order valence-electron chi connectivity index (χ2n) is 8.17. The summed E-state index contributed by atoms with van der Waals surface area (Å²) in [7, 11) is 0. The van der Waals surface area contributed by atoms with Crippen LogP contribution in [-0.4, -0.2) is 64.9 Å². The van der Waals surface area contributed by atoms with Crippen LogP contribution < -0.4 is 5.32 Å². The van der Waals surface area contributed by atoms with E-state index in [9.17, 15) is 24.6 Å². The van der Waals surface area contributed by atoms with Gasteiger partial charge in [0.15, 0.2) is 6.10 Å². The SMILES string of the molecule is CCOC(=O)[C@@H](O)CN(CC(C)C)C(=O)N[C@@H](Cc1ccc(-c2ccccc2)cc1)C(=O)O. The van der Waals surface area contributed by atoms with Gasteiger partial charge in [-0.15, -0.1) is 0 Å². The van der Waals surface area contributed by atoms with Crippen LogP contribution in [0, 0.1) is 5.92 Å². The molecule has 2 rings (SSSR count). The molecule has 2 aromatic rings. The van der Waals surface area contributed by atoms with Crippen LogP contribution in [0.25, 0.3) is 11.1 Å². The fourth-order valence-corrected chi connectivity index (χ4v) is 3.34. The van der Waals surface area contributed by atoms with E-state index in [1.165, 1.54) is 4.90 Å². The first-order chi connectivity index (χ1) is 15.7. The number of rotatable bonds is 11. The number of carboxylic acids is 1. The van der Waals surface area contributed by atoms with Crippen molar-refractivity contribution in [2.45, 2.75) is 39.3 Å². The molecule has 8 heteroatoms. The van der Waals surface area contributed by atoms with Gasteiger partial charge in [0, 0.05) is 13.0 Å². The molecule has 2 aromatic carbocycles. The largest absolute Gasteiger partial charge is 0.480 e. The van der Waals surface area contributed by atoms with E-state index in [0.717, 1.165) is 16.7 Å². The summed E-state index contributed by atoms with van der Waals surface area (Å²) in [6, 6.07) is 15.5. The Hall–Kier alpha value is -3.39. The lowest BCUT2D eigenvalue weighted by atomic mass is 10.0. The van der Waals surface area contributed by atoms with Crippen molar-refractivity contribution in [3.63, 3.8) is 0 Å². The van der Waals surface area contributed by atoms with Crippen LogP contribution in [0.4, 0.5) is 4.79 Å². The molecule has 0 aliphatic carbocycles. The third-order valence-electron chi connectivity index (χ3n) is 4.92. The molecule has 0 aromatic heterocycles. The molecule has 3 N–H and O–H groups in total. The molecule has 0 bridgehead atoms. The first-order valence-electron chi connectivity index (χ1n) is 11.0. The quantitative estimate of drug-likeness (QED) is 0.448. The van der Waals surface area contributed by atoms with Crippen LogP contribution in [0.5, 0.6) is 0 Å². The molecule has 0 spiro atoms. The van der Waals surface area contributed by atoms with Gasteiger partial charge in [0.1, 0.15) is 6.04 Å². The second-order valence-corrected chi connectivity index (χ2v) is 8.17. The highest BCUT2D eigenvalue weighted by atomic mass is 16.5. The minimum Gasteiger partial charge on any atom is -0.480 e. The van der Waals surface area contributed by atoms with Gasteiger partial charge in [-0.3, -0.25) is 0 Å². The lowest BCUT2D eigenvalue weighted by Crippen LogP contribution is -2.52. The van der Waals surface area contributed by atoms with E-state index in [1.54, 1.807) is 6.92 Å². The first kappa shape index (κ1) is 25.9. The number of hydrogen-bond donors (Lipinski definition) is 3. The molecule has 0 radical (unpaired) electrons. The van der Waals surface area contributed by atoms with Crippen molar-refractivity contribution in [2.24, 2.45) is 5.92 Å². The summed E-state index contributed by atoms with van der Waals surface area (Å²) in [5.74, 6) is -1.96. The Morgan fingerprint density at radius 1 is 0.970 bits per heavy atom. The zero-order valence-corrected chi connectivity index (χ0v) is 19.2. The zero-order valence-electron chi connectivity index (χ0n) is 19.2. The normalized spacial score (nSPS) is 12.6. The molecule has 0 saturated heterocycles. The lowest BCUT2D eigenvalue weighted by Gasteiger charge is -2.28. The fraction of sp³-hybridized carbons (Fsp3) is 0.400. The topological polar surface area (TPSA) is 116 Å². The smallest absolute Gasteiger partial charge is 0.336 e. The Kier molecular flexibility index (Phi) is 9.87. The molecule has 2 amide bonds. The van der Waals surface area contributed by atoms with Crippen molar-refractivity contribution < 1.29 is 29.3 Å². The molecule has 178 valence electrons. The highest BCUT2D eigenvalue weighted by Crippen LogP contribution is 2.20. The van der Waals surface area contributed by atoms with E-state index in [0.29, 0.717) is 0 Å². The molecule has 0 heterocycles. The van der Waals surface area contributed by atoms with Gasteiger partial charge in [-0.25, -0.2) is 14.4 Å². The Balaban J connectivity index is 2.08. The van der Waals surface area contributed by atoms with Gasteiger partial charge in [-0.2, -0.15) is 0 Å². The van der Waals surface area contributed by atoms with Crippen molar-refractivity contribution in [2.75, 3.05) is 19.7 Å². The number of carbonyl (C=O) groups is 3. The number of urea groups is 1. The van der Waals surface area contributed by atoms with Gasteiger partial charge in [0.05, 0.1) is 13.2 Å². The zero-order chi connectivity index (χ0) is 24.4. The van der Waals surface area contributed by atoms with Crippen molar-refractivity contribution in [1.82, 2.24) is 10.2 Å². The average molecular weight is 457 g/mol. The summed E-state index contributed by atoms with van der Waals surface area (Å²) >= 11 is 0. The summed E-state index contributed by atoms with van der Waals surface area (Å²) in [5.41, 5.74) is 2.81. The summed E-state index contributed by atoms with van der Waals surface area (Å²) in [6.45, 7) is 5.42. The van der Waals surface area contributed by atoms with E-state index in [4.69, 9.17) is 4.74 Å². The van der Waals surface area contributed by atoms with Crippen molar-refractivity contribution >= 4 is 18.0 Å². The molecular weight excluding hydrogens is 424 g/mol. The number of amides is 2. The number of ether oxygens (including phenoxy) is 1. The molecule has 0 aliphatic rings. The van der Waals surface area contributed by atoms with Gasteiger partial charge >= 0.3 is 18.0 Å². The van der Waals surface area contributed by atoms with Crippen LogP contribution in [0.3, 0.4) is 0 Å². The Morgan fingerprint density at radius 2 is 1.58 bits per heavy atom. The summed E-state index contributed by atoms with van der Waals surface area (Å²) in [4.78, 5) is 37.7. The van der Waals surface area contributed by atoms with Gasteiger partial charge in [-0.05, 0) is 29.5 Å². The number of esters is 1. The van der Waals surface area contributed by atoms with Crippen LogP contribution in [0.2, 0.25) is 0 Å². The average Bonchev–Trinajstić information content (AvgIpc) is 2.79. The summed E-state index contributed by atoms with van der Waals surface area (Å²) < 4.78 is 4.79. The summed E-state index contributed by atoms with van der Waals surface area (Å²) in [6.07, 6.45) is -1.42. The first-order valence-corrected chi connectivity index (χ1v) is 11.0. The number of aliphatic hydroxyl groups excluding tert-OH is 1. The summed E-state index contributed by atoms with van der Waals surface area (Å²) in [5, 5.41) is 22.2. The maximum atomic E-state index is 12.8. The molecule has 0 fully saturated rings. The van der Waals surface area contributed by atoms with E-state index < -0.39 is 30.1 Å². The number of nitrogens with zero attached hydrogens (tertiary/aromatic N) is 1.